The lowest BCUT2D eigenvalue weighted by Gasteiger charge is -2.25. The number of carbonyl (C=O) groups is 3. The van der Waals surface area contributed by atoms with Crippen LogP contribution in [0.15, 0.2) is 60.7 Å². The van der Waals surface area contributed by atoms with Gasteiger partial charge in [-0.05, 0) is 35.8 Å². The fourth-order valence-electron chi connectivity index (χ4n) is 3.73. The number of benzene rings is 2. The summed E-state index contributed by atoms with van der Waals surface area (Å²) in [7, 11) is 0. The fraction of sp³-hybridized carbons (Fsp3) is 0.483. The third kappa shape index (κ3) is 11.6. The Kier molecular flexibility index (Phi) is 12.8. The van der Waals surface area contributed by atoms with E-state index in [1.54, 1.807) is 0 Å². The van der Waals surface area contributed by atoms with Crippen molar-refractivity contribution in [3.63, 3.8) is 0 Å². The van der Waals surface area contributed by atoms with Gasteiger partial charge in [0, 0.05) is 0 Å². The van der Waals surface area contributed by atoms with Gasteiger partial charge in [0.15, 0.2) is 0 Å². The van der Waals surface area contributed by atoms with E-state index < -0.39 is 35.9 Å². The third-order valence-corrected chi connectivity index (χ3v) is 5.62. The smallest absolute Gasteiger partial charge is 0.328 e. The zero-order valence-electron chi connectivity index (χ0n) is 22.3. The van der Waals surface area contributed by atoms with Crippen LogP contribution in [-0.4, -0.2) is 42.5 Å². The molecular formula is C29H41N3O5. The van der Waals surface area contributed by atoms with Crippen LogP contribution in [-0.2, 0) is 37.1 Å². The second-order valence-corrected chi connectivity index (χ2v) is 10.1. The molecule has 8 heteroatoms. The first-order chi connectivity index (χ1) is 17.7. The zero-order chi connectivity index (χ0) is 27.2. The molecule has 0 unspecified atom stereocenters. The van der Waals surface area contributed by atoms with E-state index in [9.17, 15) is 14.4 Å². The molecule has 0 spiro atoms. The molecule has 8 nitrogen and oxygen atoms in total. The molecule has 2 rings (SSSR count). The van der Waals surface area contributed by atoms with Crippen molar-refractivity contribution >= 4 is 17.8 Å². The summed E-state index contributed by atoms with van der Waals surface area (Å²) in [6, 6.07) is 16.2. The highest BCUT2D eigenvalue weighted by atomic mass is 16.5. The van der Waals surface area contributed by atoms with Crippen LogP contribution in [0.3, 0.4) is 0 Å². The number of amides is 2. The van der Waals surface area contributed by atoms with Crippen molar-refractivity contribution in [2.45, 2.75) is 71.9 Å². The predicted molar refractivity (Wildman–Crippen MR) is 143 cm³/mol. The second kappa shape index (κ2) is 15.8. The summed E-state index contributed by atoms with van der Waals surface area (Å²) < 4.78 is 11.2. The quantitative estimate of drug-likeness (QED) is 0.316. The molecule has 0 aliphatic rings. The van der Waals surface area contributed by atoms with Gasteiger partial charge in [-0.15, -0.1) is 0 Å². The molecule has 0 aliphatic heterocycles. The van der Waals surface area contributed by atoms with E-state index in [4.69, 9.17) is 15.2 Å². The Bertz CT molecular complexity index is 966. The Balaban J connectivity index is 2.08. The van der Waals surface area contributed by atoms with Crippen LogP contribution in [0, 0.1) is 11.8 Å². The summed E-state index contributed by atoms with van der Waals surface area (Å²) in [5.41, 5.74) is 7.83. The zero-order valence-corrected chi connectivity index (χ0v) is 22.3. The molecule has 0 aliphatic carbocycles. The average molecular weight is 512 g/mol. The fourth-order valence-corrected chi connectivity index (χ4v) is 3.73. The topological polar surface area (TPSA) is 120 Å². The van der Waals surface area contributed by atoms with Gasteiger partial charge in [0.25, 0.3) is 0 Å². The van der Waals surface area contributed by atoms with Crippen LogP contribution in [0.4, 0.5) is 0 Å². The van der Waals surface area contributed by atoms with Crippen molar-refractivity contribution in [2.24, 2.45) is 17.6 Å². The summed E-state index contributed by atoms with van der Waals surface area (Å²) in [5, 5.41) is 5.48. The van der Waals surface area contributed by atoms with Crippen LogP contribution in [0.1, 0.15) is 51.7 Å². The lowest BCUT2D eigenvalue weighted by molar-refractivity contribution is -0.150. The first-order valence-electron chi connectivity index (χ1n) is 12.8. The van der Waals surface area contributed by atoms with Gasteiger partial charge in [-0.3, -0.25) is 9.59 Å². The molecular weight excluding hydrogens is 470 g/mol. The predicted octanol–water partition coefficient (Wildman–Crippen LogP) is 3.34. The van der Waals surface area contributed by atoms with Crippen molar-refractivity contribution < 1.29 is 23.9 Å². The Morgan fingerprint density at radius 3 is 1.78 bits per heavy atom. The molecule has 4 N–H and O–H groups in total. The number of ether oxygens (including phenoxy) is 2. The Labute approximate surface area is 220 Å². The van der Waals surface area contributed by atoms with E-state index in [2.05, 4.69) is 10.6 Å². The number of nitrogens with one attached hydrogen (secondary N) is 2. The summed E-state index contributed by atoms with van der Waals surface area (Å²) in [6.45, 7) is 8.15. The van der Waals surface area contributed by atoms with Crippen LogP contribution in [0.25, 0.3) is 0 Å². The minimum absolute atomic E-state index is 0.0751. The van der Waals surface area contributed by atoms with E-state index in [1.165, 1.54) is 0 Å². The summed E-state index contributed by atoms with van der Waals surface area (Å²) in [5.74, 6) is -1.16. The molecule has 2 amide bonds. The number of carbonyl (C=O) groups excluding carboxylic acids is 3. The van der Waals surface area contributed by atoms with Crippen molar-refractivity contribution in [1.29, 1.82) is 0 Å². The highest BCUT2D eigenvalue weighted by Gasteiger charge is 2.30. The van der Waals surface area contributed by atoms with E-state index in [0.29, 0.717) is 12.8 Å². The number of hydrogen-bond donors (Lipinski definition) is 3. The van der Waals surface area contributed by atoms with Gasteiger partial charge in [0.1, 0.15) is 18.7 Å². The minimum Gasteiger partial charge on any atom is -0.459 e. The van der Waals surface area contributed by atoms with Crippen molar-refractivity contribution in [3.05, 3.63) is 71.8 Å². The highest BCUT2D eigenvalue weighted by Crippen LogP contribution is 2.10. The number of hydrogen-bond acceptors (Lipinski definition) is 6. The van der Waals surface area contributed by atoms with Crippen LogP contribution < -0.4 is 16.4 Å². The summed E-state index contributed by atoms with van der Waals surface area (Å²) in [6.07, 6.45) is 0.866. The van der Waals surface area contributed by atoms with Crippen LogP contribution in [0.2, 0.25) is 0 Å². The van der Waals surface area contributed by atoms with Crippen molar-refractivity contribution in [1.82, 2.24) is 10.6 Å². The maximum absolute atomic E-state index is 13.3. The minimum atomic E-state index is -1.02. The number of esters is 1. The molecule has 2 aromatic carbocycles. The molecule has 202 valence electrons. The SMILES string of the molecule is CC(C)C[C@H](NC(=O)[C@H](COCc1ccccc1)NC(=O)[C@@H](N)CC(C)C)C(=O)OCc1ccccc1. The molecule has 0 radical (unpaired) electrons. The maximum Gasteiger partial charge on any atom is 0.328 e. The Morgan fingerprint density at radius 2 is 1.24 bits per heavy atom. The molecule has 0 heterocycles. The van der Waals surface area contributed by atoms with E-state index in [0.717, 1.165) is 11.1 Å². The van der Waals surface area contributed by atoms with E-state index in [1.807, 2.05) is 88.4 Å². The molecule has 0 saturated carbocycles. The largest absolute Gasteiger partial charge is 0.459 e. The van der Waals surface area contributed by atoms with Gasteiger partial charge in [0.05, 0.1) is 19.3 Å². The third-order valence-electron chi connectivity index (χ3n) is 5.62. The molecule has 2 aromatic rings. The van der Waals surface area contributed by atoms with Gasteiger partial charge in [-0.1, -0.05) is 88.4 Å². The molecule has 0 fully saturated rings. The van der Waals surface area contributed by atoms with Gasteiger partial charge in [0.2, 0.25) is 11.8 Å². The number of nitrogens with two attached hydrogens (primary N) is 1. The summed E-state index contributed by atoms with van der Waals surface area (Å²) in [4.78, 5) is 38.9. The maximum atomic E-state index is 13.3. The van der Waals surface area contributed by atoms with E-state index in [-0.39, 0.29) is 31.7 Å². The molecule has 3 atom stereocenters. The highest BCUT2D eigenvalue weighted by molar-refractivity contribution is 5.92. The summed E-state index contributed by atoms with van der Waals surface area (Å²) >= 11 is 0. The van der Waals surface area contributed by atoms with Crippen molar-refractivity contribution in [2.75, 3.05) is 6.61 Å². The second-order valence-electron chi connectivity index (χ2n) is 10.1. The Hall–Kier alpha value is -3.23. The molecule has 0 bridgehead atoms. The van der Waals surface area contributed by atoms with Crippen LogP contribution in [0.5, 0.6) is 0 Å². The van der Waals surface area contributed by atoms with Gasteiger partial charge in [-0.25, -0.2) is 4.79 Å². The van der Waals surface area contributed by atoms with Gasteiger partial charge in [-0.2, -0.15) is 0 Å². The molecule has 37 heavy (non-hydrogen) atoms. The molecule has 0 aromatic heterocycles. The lowest BCUT2D eigenvalue weighted by atomic mass is 10.0. The average Bonchev–Trinajstić information content (AvgIpc) is 2.86. The lowest BCUT2D eigenvalue weighted by Crippen LogP contribution is -2.56. The normalized spacial score (nSPS) is 13.6. The first kappa shape index (κ1) is 30.0. The van der Waals surface area contributed by atoms with Crippen molar-refractivity contribution in [3.8, 4) is 0 Å². The first-order valence-corrected chi connectivity index (χ1v) is 12.8. The van der Waals surface area contributed by atoms with Gasteiger partial charge >= 0.3 is 5.97 Å². The van der Waals surface area contributed by atoms with E-state index >= 15 is 0 Å². The van der Waals surface area contributed by atoms with Crippen LogP contribution >= 0.6 is 0 Å². The van der Waals surface area contributed by atoms with Gasteiger partial charge < -0.3 is 25.8 Å². The Morgan fingerprint density at radius 1 is 0.730 bits per heavy atom. The monoisotopic (exact) mass is 511 g/mol. The standard InChI is InChI=1S/C29H41N3O5/c1-20(2)15-24(30)27(33)32-26(19-36-17-22-11-7-5-8-12-22)28(34)31-25(16-21(3)4)29(35)37-18-23-13-9-6-10-14-23/h5-14,20-21,24-26H,15-19,30H2,1-4H3,(H,31,34)(H,32,33)/t24-,25-,26-/m0/s1. The number of rotatable bonds is 15. The molecule has 0 saturated heterocycles.